The van der Waals surface area contributed by atoms with Crippen LogP contribution in [0.5, 0.6) is 5.88 Å². The Hall–Kier alpha value is -2.45. The van der Waals surface area contributed by atoms with Crippen LogP contribution >= 0.6 is 0 Å². The van der Waals surface area contributed by atoms with E-state index in [-0.39, 0.29) is 11.7 Å². The zero-order chi connectivity index (χ0) is 17.2. The lowest BCUT2D eigenvalue weighted by Crippen LogP contribution is -2.24. The van der Waals surface area contributed by atoms with Gasteiger partial charge in [0.05, 0.1) is 12.8 Å². The van der Waals surface area contributed by atoms with E-state index in [2.05, 4.69) is 19.9 Å². The lowest BCUT2D eigenvalue weighted by molar-refractivity contribution is -0.141. The number of anilines is 1. The molecule has 0 N–H and O–H groups in total. The van der Waals surface area contributed by atoms with Crippen molar-refractivity contribution in [1.29, 1.82) is 0 Å². The Labute approximate surface area is 136 Å². The molecule has 3 heterocycles. The second kappa shape index (κ2) is 6.58. The van der Waals surface area contributed by atoms with E-state index < -0.39 is 11.9 Å². The smallest absolute Gasteiger partial charge is 0.433 e. The van der Waals surface area contributed by atoms with Crippen LogP contribution in [0.2, 0.25) is 0 Å². The summed E-state index contributed by atoms with van der Waals surface area (Å²) in [6, 6.07) is 0.999. The molecule has 0 aliphatic carbocycles. The standard InChI is InChI=1S/C15H16F3N5O/c1-10-21-12(15(16,17)18)6-13(22-10)23-5-2-11(8-23)9-24-14-7-19-3-4-20-14/h3-4,6-7,11H,2,5,8-9H2,1H3. The van der Waals surface area contributed by atoms with Gasteiger partial charge in [0.2, 0.25) is 5.88 Å². The zero-order valence-electron chi connectivity index (χ0n) is 13.0. The predicted molar refractivity (Wildman–Crippen MR) is 79.6 cm³/mol. The van der Waals surface area contributed by atoms with Crippen LogP contribution in [-0.4, -0.2) is 39.6 Å². The van der Waals surface area contributed by atoms with E-state index in [0.717, 1.165) is 12.5 Å². The highest BCUT2D eigenvalue weighted by Crippen LogP contribution is 2.31. The number of alkyl halides is 3. The Balaban J connectivity index is 1.64. The molecule has 2 aromatic rings. The van der Waals surface area contributed by atoms with Crippen LogP contribution in [0.1, 0.15) is 17.9 Å². The van der Waals surface area contributed by atoms with Gasteiger partial charge in [0.1, 0.15) is 17.3 Å². The third kappa shape index (κ3) is 3.90. The molecular weight excluding hydrogens is 323 g/mol. The van der Waals surface area contributed by atoms with Crippen LogP contribution in [0.25, 0.3) is 0 Å². The van der Waals surface area contributed by atoms with Crippen molar-refractivity contribution in [3.8, 4) is 5.88 Å². The van der Waals surface area contributed by atoms with Gasteiger partial charge < -0.3 is 9.64 Å². The molecular formula is C15H16F3N5O. The van der Waals surface area contributed by atoms with Crippen LogP contribution in [0.3, 0.4) is 0 Å². The Morgan fingerprint density at radius 2 is 2.12 bits per heavy atom. The first-order valence-corrected chi connectivity index (χ1v) is 7.48. The number of aromatic nitrogens is 4. The molecule has 0 saturated carbocycles. The normalized spacial score (nSPS) is 18.0. The fourth-order valence-electron chi connectivity index (χ4n) is 2.60. The van der Waals surface area contributed by atoms with Gasteiger partial charge in [-0.3, -0.25) is 4.98 Å². The van der Waals surface area contributed by atoms with Crippen LogP contribution in [-0.2, 0) is 6.18 Å². The highest BCUT2D eigenvalue weighted by atomic mass is 19.4. The van der Waals surface area contributed by atoms with Gasteiger partial charge in [-0.1, -0.05) is 0 Å². The van der Waals surface area contributed by atoms with Gasteiger partial charge >= 0.3 is 6.18 Å². The van der Waals surface area contributed by atoms with Crippen molar-refractivity contribution in [2.45, 2.75) is 19.5 Å². The monoisotopic (exact) mass is 339 g/mol. The molecule has 0 aromatic carbocycles. The van der Waals surface area contributed by atoms with Gasteiger partial charge in [0.15, 0.2) is 0 Å². The molecule has 1 aliphatic rings. The molecule has 1 unspecified atom stereocenters. The van der Waals surface area contributed by atoms with E-state index in [1.807, 2.05) is 4.90 Å². The first kappa shape index (κ1) is 16.4. The third-order valence-electron chi connectivity index (χ3n) is 3.73. The molecule has 128 valence electrons. The second-order valence-corrected chi connectivity index (χ2v) is 5.61. The maximum absolute atomic E-state index is 12.9. The Morgan fingerprint density at radius 3 is 2.83 bits per heavy atom. The molecule has 2 aromatic heterocycles. The summed E-state index contributed by atoms with van der Waals surface area (Å²) in [5.74, 6) is 1.04. The largest absolute Gasteiger partial charge is 0.476 e. The minimum Gasteiger partial charge on any atom is -0.476 e. The highest BCUT2D eigenvalue weighted by molar-refractivity contribution is 5.41. The zero-order valence-corrected chi connectivity index (χ0v) is 13.0. The summed E-state index contributed by atoms with van der Waals surface area (Å²) in [5.41, 5.74) is -0.913. The summed E-state index contributed by atoms with van der Waals surface area (Å²) >= 11 is 0. The first-order chi connectivity index (χ1) is 11.4. The van der Waals surface area contributed by atoms with Crippen molar-refractivity contribution in [1.82, 2.24) is 19.9 Å². The van der Waals surface area contributed by atoms with E-state index in [1.165, 1.54) is 13.1 Å². The molecule has 9 heteroatoms. The van der Waals surface area contributed by atoms with Gasteiger partial charge in [-0.15, -0.1) is 0 Å². The molecule has 3 rings (SSSR count). The summed E-state index contributed by atoms with van der Waals surface area (Å²) in [5, 5.41) is 0. The lowest BCUT2D eigenvalue weighted by atomic mass is 10.1. The molecule has 1 saturated heterocycles. The van der Waals surface area contributed by atoms with Gasteiger partial charge in [-0.2, -0.15) is 13.2 Å². The molecule has 0 radical (unpaired) electrons. The molecule has 0 amide bonds. The molecule has 24 heavy (non-hydrogen) atoms. The molecule has 0 spiro atoms. The van der Waals surface area contributed by atoms with Crippen molar-refractivity contribution in [3.63, 3.8) is 0 Å². The van der Waals surface area contributed by atoms with Crippen LogP contribution < -0.4 is 9.64 Å². The number of halogens is 3. The fourth-order valence-corrected chi connectivity index (χ4v) is 2.60. The lowest BCUT2D eigenvalue weighted by Gasteiger charge is -2.19. The average molecular weight is 339 g/mol. The number of ether oxygens (including phenoxy) is 1. The van der Waals surface area contributed by atoms with Gasteiger partial charge in [0.25, 0.3) is 0 Å². The van der Waals surface area contributed by atoms with Gasteiger partial charge in [-0.05, 0) is 13.3 Å². The summed E-state index contributed by atoms with van der Waals surface area (Å²) in [4.78, 5) is 17.4. The van der Waals surface area contributed by atoms with Crippen molar-refractivity contribution in [2.75, 3.05) is 24.6 Å². The number of hydrogen-bond donors (Lipinski definition) is 0. The van der Waals surface area contributed by atoms with Crippen LogP contribution in [0.15, 0.2) is 24.7 Å². The Kier molecular flexibility index (Phi) is 4.50. The molecule has 1 aliphatic heterocycles. The van der Waals surface area contributed by atoms with E-state index >= 15 is 0 Å². The number of rotatable bonds is 4. The predicted octanol–water partition coefficient (Wildman–Crippen LogP) is 2.50. The van der Waals surface area contributed by atoms with Crippen LogP contribution in [0, 0.1) is 12.8 Å². The maximum atomic E-state index is 12.9. The van der Waals surface area contributed by atoms with Crippen molar-refractivity contribution in [3.05, 3.63) is 36.2 Å². The molecule has 6 nitrogen and oxygen atoms in total. The summed E-state index contributed by atoms with van der Waals surface area (Å²) in [6.45, 7) is 3.10. The van der Waals surface area contributed by atoms with Crippen molar-refractivity contribution < 1.29 is 17.9 Å². The summed E-state index contributed by atoms with van der Waals surface area (Å²) < 4.78 is 44.2. The maximum Gasteiger partial charge on any atom is 0.433 e. The molecule has 0 bridgehead atoms. The van der Waals surface area contributed by atoms with Gasteiger partial charge in [-0.25, -0.2) is 15.0 Å². The van der Waals surface area contributed by atoms with Crippen molar-refractivity contribution >= 4 is 5.82 Å². The minimum atomic E-state index is -4.48. The second-order valence-electron chi connectivity index (χ2n) is 5.61. The van der Waals surface area contributed by atoms with Crippen LogP contribution in [0.4, 0.5) is 19.0 Å². The average Bonchev–Trinajstić information content (AvgIpc) is 3.01. The van der Waals surface area contributed by atoms with E-state index in [0.29, 0.717) is 31.4 Å². The SMILES string of the molecule is Cc1nc(N2CCC(COc3cnccn3)C2)cc(C(F)(F)F)n1. The summed E-state index contributed by atoms with van der Waals surface area (Å²) in [7, 11) is 0. The van der Waals surface area contributed by atoms with Crippen molar-refractivity contribution in [2.24, 2.45) is 5.92 Å². The third-order valence-corrected chi connectivity index (χ3v) is 3.73. The van der Waals surface area contributed by atoms with Gasteiger partial charge in [0, 0.05) is 37.5 Å². The van der Waals surface area contributed by atoms with E-state index in [9.17, 15) is 13.2 Å². The topological polar surface area (TPSA) is 64.0 Å². The first-order valence-electron chi connectivity index (χ1n) is 7.48. The minimum absolute atomic E-state index is 0.110. The Morgan fingerprint density at radius 1 is 1.29 bits per heavy atom. The Bertz CT molecular complexity index is 695. The van der Waals surface area contributed by atoms with E-state index in [1.54, 1.807) is 12.4 Å². The fraction of sp³-hybridized carbons (Fsp3) is 0.467. The number of nitrogens with zero attached hydrogens (tertiary/aromatic N) is 5. The molecule has 1 atom stereocenters. The number of aryl methyl sites for hydroxylation is 1. The summed E-state index contributed by atoms with van der Waals surface area (Å²) in [6.07, 6.45) is 0.954. The highest BCUT2D eigenvalue weighted by Gasteiger charge is 2.34. The quantitative estimate of drug-likeness (QED) is 0.853. The molecule has 1 fully saturated rings. The van der Waals surface area contributed by atoms with E-state index in [4.69, 9.17) is 4.74 Å². The number of hydrogen-bond acceptors (Lipinski definition) is 6.